The van der Waals surface area contributed by atoms with E-state index in [-0.39, 0.29) is 0 Å². The Morgan fingerprint density at radius 1 is 1.38 bits per heavy atom. The fraction of sp³-hybridized carbons (Fsp3) is 0.273. The van der Waals surface area contributed by atoms with Crippen molar-refractivity contribution in [2.75, 3.05) is 0 Å². The SMILES string of the molecule is CCc1cc2ccc(Br)c(C)c2[nH]1. The van der Waals surface area contributed by atoms with Gasteiger partial charge in [0, 0.05) is 15.7 Å². The van der Waals surface area contributed by atoms with E-state index >= 15 is 0 Å². The predicted octanol–water partition coefficient (Wildman–Crippen LogP) is 3.80. The summed E-state index contributed by atoms with van der Waals surface area (Å²) in [6.45, 7) is 4.29. The predicted molar refractivity (Wildman–Crippen MR) is 60.1 cm³/mol. The topological polar surface area (TPSA) is 15.8 Å². The van der Waals surface area contributed by atoms with E-state index in [0.29, 0.717) is 0 Å². The van der Waals surface area contributed by atoms with Gasteiger partial charge in [-0.2, -0.15) is 0 Å². The molecule has 2 aromatic rings. The Morgan fingerprint density at radius 3 is 2.85 bits per heavy atom. The van der Waals surface area contributed by atoms with Crippen LogP contribution in [0.15, 0.2) is 22.7 Å². The van der Waals surface area contributed by atoms with Crippen molar-refractivity contribution in [3.05, 3.63) is 33.9 Å². The van der Waals surface area contributed by atoms with Crippen molar-refractivity contribution in [2.45, 2.75) is 20.3 Å². The maximum atomic E-state index is 3.53. The second-order valence-electron chi connectivity index (χ2n) is 3.28. The van der Waals surface area contributed by atoms with E-state index < -0.39 is 0 Å². The molecule has 0 saturated heterocycles. The molecule has 0 radical (unpaired) electrons. The Balaban J connectivity index is 2.76. The van der Waals surface area contributed by atoms with E-state index in [4.69, 9.17) is 0 Å². The maximum absolute atomic E-state index is 3.53. The van der Waals surface area contributed by atoms with E-state index in [1.54, 1.807) is 0 Å². The summed E-state index contributed by atoms with van der Waals surface area (Å²) in [5, 5.41) is 1.30. The van der Waals surface area contributed by atoms with Gasteiger partial charge in [-0.1, -0.05) is 28.9 Å². The van der Waals surface area contributed by atoms with Crippen molar-refractivity contribution in [3.63, 3.8) is 0 Å². The lowest BCUT2D eigenvalue weighted by molar-refractivity contribution is 1.07. The van der Waals surface area contributed by atoms with Crippen LogP contribution in [-0.2, 0) is 6.42 Å². The zero-order chi connectivity index (χ0) is 9.42. The number of hydrogen-bond acceptors (Lipinski definition) is 0. The van der Waals surface area contributed by atoms with Crippen LogP contribution in [-0.4, -0.2) is 4.98 Å². The van der Waals surface area contributed by atoms with E-state index in [9.17, 15) is 0 Å². The van der Waals surface area contributed by atoms with E-state index in [1.807, 2.05) is 0 Å². The van der Waals surface area contributed by atoms with Gasteiger partial charge in [0.25, 0.3) is 0 Å². The molecule has 1 nitrogen and oxygen atoms in total. The molecule has 2 rings (SSSR count). The fourth-order valence-corrected chi connectivity index (χ4v) is 1.90. The molecule has 0 aliphatic carbocycles. The summed E-state index contributed by atoms with van der Waals surface area (Å²) in [4.78, 5) is 3.42. The zero-order valence-corrected chi connectivity index (χ0v) is 9.40. The van der Waals surface area contributed by atoms with Crippen molar-refractivity contribution >= 4 is 26.8 Å². The Hall–Kier alpha value is -0.760. The summed E-state index contributed by atoms with van der Waals surface area (Å²) >= 11 is 3.53. The van der Waals surface area contributed by atoms with Gasteiger partial charge in [-0.25, -0.2) is 0 Å². The molecule has 0 unspecified atom stereocenters. The number of H-pyrrole nitrogens is 1. The van der Waals surface area contributed by atoms with Gasteiger partial charge in [0.15, 0.2) is 0 Å². The molecule has 1 heterocycles. The second-order valence-corrected chi connectivity index (χ2v) is 4.14. The highest BCUT2D eigenvalue weighted by molar-refractivity contribution is 9.10. The van der Waals surface area contributed by atoms with E-state index in [1.165, 1.54) is 26.6 Å². The number of halogens is 1. The second kappa shape index (κ2) is 3.18. The van der Waals surface area contributed by atoms with Gasteiger partial charge in [0.05, 0.1) is 0 Å². The zero-order valence-electron chi connectivity index (χ0n) is 7.82. The molecule has 1 aromatic carbocycles. The molecule has 0 aliphatic rings. The summed E-state index contributed by atoms with van der Waals surface area (Å²) in [5.74, 6) is 0. The first-order valence-corrected chi connectivity index (χ1v) is 5.28. The molecule has 0 amide bonds. The first kappa shape index (κ1) is 8.82. The maximum Gasteiger partial charge on any atom is 0.0497 e. The van der Waals surface area contributed by atoms with Crippen LogP contribution in [0.5, 0.6) is 0 Å². The summed E-state index contributed by atoms with van der Waals surface area (Å²) in [7, 11) is 0. The van der Waals surface area contributed by atoms with Crippen LogP contribution in [0.4, 0.5) is 0 Å². The van der Waals surface area contributed by atoms with Crippen LogP contribution in [0.1, 0.15) is 18.2 Å². The van der Waals surface area contributed by atoms with Crippen molar-refractivity contribution < 1.29 is 0 Å². The van der Waals surface area contributed by atoms with Crippen molar-refractivity contribution in [3.8, 4) is 0 Å². The lowest BCUT2D eigenvalue weighted by atomic mass is 10.2. The highest BCUT2D eigenvalue weighted by Crippen LogP contribution is 2.25. The van der Waals surface area contributed by atoms with Crippen LogP contribution in [0, 0.1) is 6.92 Å². The number of aryl methyl sites for hydroxylation is 2. The minimum Gasteiger partial charge on any atom is -0.358 e. The van der Waals surface area contributed by atoms with E-state index in [2.05, 4.69) is 53.0 Å². The molecule has 0 spiro atoms. The molecule has 0 bridgehead atoms. The quantitative estimate of drug-likeness (QED) is 0.777. The van der Waals surface area contributed by atoms with Gasteiger partial charge in [0.1, 0.15) is 0 Å². The minimum atomic E-state index is 1.06. The fourth-order valence-electron chi connectivity index (χ4n) is 1.57. The van der Waals surface area contributed by atoms with Crippen LogP contribution in [0.3, 0.4) is 0 Å². The molecule has 68 valence electrons. The Kier molecular flexibility index (Phi) is 2.16. The molecule has 1 aromatic heterocycles. The Morgan fingerprint density at radius 2 is 2.15 bits per heavy atom. The van der Waals surface area contributed by atoms with Gasteiger partial charge in [-0.05, 0) is 36.4 Å². The molecule has 0 fully saturated rings. The average Bonchev–Trinajstić information content (AvgIpc) is 2.55. The summed E-state index contributed by atoms with van der Waals surface area (Å²) in [6.07, 6.45) is 1.06. The monoisotopic (exact) mass is 237 g/mol. The molecule has 13 heavy (non-hydrogen) atoms. The van der Waals surface area contributed by atoms with Crippen molar-refractivity contribution in [1.82, 2.24) is 4.98 Å². The number of fused-ring (bicyclic) bond motifs is 1. The summed E-state index contributed by atoms with van der Waals surface area (Å²) in [6, 6.07) is 6.46. The molecule has 1 N–H and O–H groups in total. The van der Waals surface area contributed by atoms with Crippen LogP contribution in [0.2, 0.25) is 0 Å². The third-order valence-electron chi connectivity index (χ3n) is 2.43. The summed E-state index contributed by atoms with van der Waals surface area (Å²) < 4.78 is 1.17. The molecular formula is C11H12BrN. The van der Waals surface area contributed by atoms with Crippen LogP contribution < -0.4 is 0 Å². The number of aromatic nitrogens is 1. The van der Waals surface area contributed by atoms with Crippen LogP contribution in [0.25, 0.3) is 10.9 Å². The Bertz CT molecular complexity index is 443. The number of rotatable bonds is 1. The minimum absolute atomic E-state index is 1.06. The van der Waals surface area contributed by atoms with Gasteiger partial charge < -0.3 is 4.98 Å². The average molecular weight is 238 g/mol. The van der Waals surface area contributed by atoms with Crippen molar-refractivity contribution in [1.29, 1.82) is 0 Å². The smallest absolute Gasteiger partial charge is 0.0497 e. The molecule has 0 aliphatic heterocycles. The molecule has 0 saturated carbocycles. The lowest BCUT2D eigenvalue weighted by Crippen LogP contribution is -1.80. The number of benzene rings is 1. The van der Waals surface area contributed by atoms with Gasteiger partial charge >= 0.3 is 0 Å². The number of aromatic amines is 1. The summed E-state index contributed by atoms with van der Waals surface area (Å²) in [5.41, 5.74) is 3.85. The standard InChI is InChI=1S/C11H12BrN/c1-3-9-6-8-4-5-10(12)7(2)11(8)13-9/h4-6,13H,3H2,1-2H3. The molecular weight excluding hydrogens is 226 g/mol. The number of nitrogens with one attached hydrogen (secondary N) is 1. The first-order valence-electron chi connectivity index (χ1n) is 4.49. The Labute approximate surface area is 86.3 Å². The van der Waals surface area contributed by atoms with Gasteiger partial charge in [-0.3, -0.25) is 0 Å². The number of hydrogen-bond donors (Lipinski definition) is 1. The third-order valence-corrected chi connectivity index (χ3v) is 3.29. The molecule has 2 heteroatoms. The highest BCUT2D eigenvalue weighted by atomic mass is 79.9. The highest BCUT2D eigenvalue weighted by Gasteiger charge is 2.03. The largest absolute Gasteiger partial charge is 0.358 e. The van der Waals surface area contributed by atoms with Gasteiger partial charge in [-0.15, -0.1) is 0 Å². The van der Waals surface area contributed by atoms with E-state index in [0.717, 1.165) is 6.42 Å². The molecule has 0 atom stereocenters. The van der Waals surface area contributed by atoms with Crippen LogP contribution >= 0.6 is 15.9 Å². The normalized spacial score (nSPS) is 11.0. The van der Waals surface area contributed by atoms with Crippen molar-refractivity contribution in [2.24, 2.45) is 0 Å². The first-order chi connectivity index (χ1) is 6.22. The third kappa shape index (κ3) is 1.39. The van der Waals surface area contributed by atoms with Gasteiger partial charge in [0.2, 0.25) is 0 Å². The lowest BCUT2D eigenvalue weighted by Gasteiger charge is -1.98.